The third-order valence-electron chi connectivity index (χ3n) is 3.69. The molecule has 0 spiro atoms. The van der Waals surface area contributed by atoms with Gasteiger partial charge in [-0.2, -0.15) is 0 Å². The van der Waals surface area contributed by atoms with Gasteiger partial charge in [-0.3, -0.25) is 4.90 Å². The van der Waals surface area contributed by atoms with Gasteiger partial charge >= 0.3 is 0 Å². The molecular weight excluding hydrogens is 184 g/mol. The lowest BCUT2D eigenvalue weighted by Crippen LogP contribution is -2.58. The van der Waals surface area contributed by atoms with E-state index in [0.29, 0.717) is 6.04 Å². The van der Waals surface area contributed by atoms with E-state index in [-0.39, 0.29) is 5.54 Å². The maximum atomic E-state index is 5.42. The fraction of sp³-hybridized carbons (Fsp3) is 0.846. The molecule has 0 aromatic rings. The smallest absolute Gasteiger partial charge is 0.0354 e. The molecule has 1 saturated heterocycles. The highest BCUT2D eigenvalue weighted by Crippen LogP contribution is 2.25. The van der Waals surface area contributed by atoms with Crippen LogP contribution in [-0.4, -0.2) is 36.6 Å². The highest BCUT2D eigenvalue weighted by Gasteiger charge is 2.34. The number of likely N-dealkylation sites (tertiary alicyclic amines) is 1. The number of hydrogen-bond acceptors (Lipinski definition) is 2. The monoisotopic (exact) mass is 208 g/mol. The lowest BCUT2D eigenvalue weighted by Gasteiger charge is -2.45. The van der Waals surface area contributed by atoms with Crippen LogP contribution in [0, 0.1) is 12.3 Å². The number of terminal acetylenes is 1. The third-order valence-corrected chi connectivity index (χ3v) is 3.69. The highest BCUT2D eigenvalue weighted by atomic mass is 15.2. The molecule has 0 radical (unpaired) electrons. The second kappa shape index (κ2) is 5.53. The zero-order valence-corrected chi connectivity index (χ0v) is 10.3. The van der Waals surface area contributed by atoms with Crippen molar-refractivity contribution in [1.82, 2.24) is 10.2 Å². The standard InChI is InChI=1S/C13H24N2/c1-5-9-12(14-4)13(2,3)15-10-7-6-8-11-15/h1,12,14H,6-11H2,2-4H3. The average Bonchev–Trinajstić information content (AvgIpc) is 2.27. The molecular formula is C13H24N2. The Bertz CT molecular complexity index is 221. The molecule has 1 heterocycles. The zero-order valence-electron chi connectivity index (χ0n) is 10.3. The van der Waals surface area contributed by atoms with E-state index in [2.05, 4.69) is 30.0 Å². The van der Waals surface area contributed by atoms with E-state index in [9.17, 15) is 0 Å². The molecule has 0 aromatic heterocycles. The number of piperidine rings is 1. The molecule has 2 heteroatoms. The first-order chi connectivity index (χ1) is 7.12. The van der Waals surface area contributed by atoms with E-state index >= 15 is 0 Å². The van der Waals surface area contributed by atoms with Crippen LogP contribution in [0.5, 0.6) is 0 Å². The zero-order chi connectivity index (χ0) is 11.3. The summed E-state index contributed by atoms with van der Waals surface area (Å²) in [4.78, 5) is 2.58. The quantitative estimate of drug-likeness (QED) is 0.710. The molecule has 86 valence electrons. The Morgan fingerprint density at radius 3 is 2.40 bits per heavy atom. The maximum absolute atomic E-state index is 5.42. The molecule has 0 aliphatic carbocycles. The van der Waals surface area contributed by atoms with Gasteiger partial charge < -0.3 is 5.32 Å². The predicted octanol–water partition coefficient (Wildman–Crippen LogP) is 1.86. The van der Waals surface area contributed by atoms with Crippen LogP contribution in [0.3, 0.4) is 0 Å². The van der Waals surface area contributed by atoms with Crippen molar-refractivity contribution >= 4 is 0 Å². The van der Waals surface area contributed by atoms with Crippen LogP contribution in [0.25, 0.3) is 0 Å². The average molecular weight is 208 g/mol. The summed E-state index contributed by atoms with van der Waals surface area (Å²) in [6, 6.07) is 0.389. The normalized spacial score (nSPS) is 20.9. The molecule has 1 N–H and O–H groups in total. The van der Waals surface area contributed by atoms with Gasteiger partial charge in [-0.1, -0.05) is 6.42 Å². The Kier molecular flexibility index (Phi) is 4.63. The molecule has 1 fully saturated rings. The highest BCUT2D eigenvalue weighted by molar-refractivity contribution is 5.01. The fourth-order valence-corrected chi connectivity index (χ4v) is 2.51. The Balaban J connectivity index is 2.65. The van der Waals surface area contributed by atoms with E-state index in [0.717, 1.165) is 6.42 Å². The molecule has 0 saturated carbocycles. The Labute approximate surface area is 94.4 Å². The largest absolute Gasteiger partial charge is 0.314 e. The molecule has 0 aromatic carbocycles. The van der Waals surface area contributed by atoms with Crippen molar-refractivity contribution in [2.45, 2.75) is 51.1 Å². The van der Waals surface area contributed by atoms with Gasteiger partial charge in [-0.05, 0) is 46.8 Å². The van der Waals surface area contributed by atoms with Gasteiger partial charge in [-0.25, -0.2) is 0 Å². The summed E-state index contributed by atoms with van der Waals surface area (Å²) in [6.07, 6.45) is 10.3. The van der Waals surface area contributed by atoms with Crippen molar-refractivity contribution in [3.05, 3.63) is 0 Å². The fourth-order valence-electron chi connectivity index (χ4n) is 2.51. The summed E-state index contributed by atoms with van der Waals surface area (Å²) in [5.41, 5.74) is 0.168. The second-order valence-corrected chi connectivity index (χ2v) is 4.95. The molecule has 0 amide bonds. The first kappa shape index (κ1) is 12.5. The number of likely N-dealkylation sites (N-methyl/N-ethyl adjacent to an activating group) is 1. The van der Waals surface area contributed by atoms with Crippen molar-refractivity contribution in [3.63, 3.8) is 0 Å². The van der Waals surface area contributed by atoms with Crippen molar-refractivity contribution in [1.29, 1.82) is 0 Å². The van der Waals surface area contributed by atoms with E-state index in [4.69, 9.17) is 6.42 Å². The van der Waals surface area contributed by atoms with Crippen LogP contribution in [0.1, 0.15) is 39.5 Å². The summed E-state index contributed by atoms with van der Waals surface area (Å²) >= 11 is 0. The third kappa shape index (κ3) is 2.96. The second-order valence-electron chi connectivity index (χ2n) is 4.95. The molecule has 1 aliphatic heterocycles. The van der Waals surface area contributed by atoms with Crippen LogP contribution in [-0.2, 0) is 0 Å². The first-order valence-electron chi connectivity index (χ1n) is 5.98. The van der Waals surface area contributed by atoms with Gasteiger partial charge in [0, 0.05) is 18.0 Å². The summed E-state index contributed by atoms with van der Waals surface area (Å²) in [5.74, 6) is 2.77. The van der Waals surface area contributed by atoms with E-state index < -0.39 is 0 Å². The Morgan fingerprint density at radius 2 is 1.93 bits per heavy atom. The van der Waals surface area contributed by atoms with Crippen LogP contribution in [0.15, 0.2) is 0 Å². The SMILES string of the molecule is C#CCC(NC)C(C)(C)N1CCCCC1. The maximum Gasteiger partial charge on any atom is 0.0354 e. The molecule has 0 bridgehead atoms. The summed E-state index contributed by atoms with van der Waals surface area (Å²) in [5, 5.41) is 3.36. The van der Waals surface area contributed by atoms with Gasteiger partial charge in [-0.15, -0.1) is 12.3 Å². The van der Waals surface area contributed by atoms with E-state index in [1.54, 1.807) is 0 Å². The minimum Gasteiger partial charge on any atom is -0.314 e. The topological polar surface area (TPSA) is 15.3 Å². The molecule has 1 aliphatic rings. The molecule has 1 atom stereocenters. The number of hydrogen-bond donors (Lipinski definition) is 1. The minimum atomic E-state index is 0.168. The van der Waals surface area contributed by atoms with Crippen molar-refractivity contribution in [3.8, 4) is 12.3 Å². The van der Waals surface area contributed by atoms with Gasteiger partial charge in [0.05, 0.1) is 0 Å². The van der Waals surface area contributed by atoms with Gasteiger partial charge in [0.1, 0.15) is 0 Å². The van der Waals surface area contributed by atoms with Gasteiger partial charge in [0.25, 0.3) is 0 Å². The number of rotatable bonds is 4. The molecule has 1 unspecified atom stereocenters. The van der Waals surface area contributed by atoms with E-state index in [1.165, 1.54) is 32.4 Å². The molecule has 1 rings (SSSR count). The van der Waals surface area contributed by atoms with Crippen LogP contribution in [0.4, 0.5) is 0 Å². The van der Waals surface area contributed by atoms with Crippen molar-refractivity contribution in [2.75, 3.05) is 20.1 Å². The minimum absolute atomic E-state index is 0.168. The summed E-state index contributed by atoms with van der Waals surface area (Å²) in [6.45, 7) is 7.04. The Morgan fingerprint density at radius 1 is 1.33 bits per heavy atom. The molecule has 15 heavy (non-hydrogen) atoms. The van der Waals surface area contributed by atoms with E-state index in [1.807, 2.05) is 7.05 Å². The van der Waals surface area contributed by atoms with Crippen LogP contribution >= 0.6 is 0 Å². The first-order valence-corrected chi connectivity index (χ1v) is 5.98. The Hall–Kier alpha value is -0.520. The van der Waals surface area contributed by atoms with Gasteiger partial charge in [0.15, 0.2) is 0 Å². The lowest BCUT2D eigenvalue weighted by molar-refractivity contribution is 0.0650. The van der Waals surface area contributed by atoms with Gasteiger partial charge in [0.2, 0.25) is 0 Å². The number of nitrogens with one attached hydrogen (secondary N) is 1. The van der Waals surface area contributed by atoms with Crippen LogP contribution < -0.4 is 5.32 Å². The summed E-state index contributed by atoms with van der Waals surface area (Å²) in [7, 11) is 2.01. The predicted molar refractivity (Wildman–Crippen MR) is 65.8 cm³/mol. The molecule has 2 nitrogen and oxygen atoms in total. The van der Waals surface area contributed by atoms with Crippen molar-refractivity contribution in [2.24, 2.45) is 0 Å². The van der Waals surface area contributed by atoms with Crippen molar-refractivity contribution < 1.29 is 0 Å². The number of nitrogens with zero attached hydrogens (tertiary/aromatic N) is 1. The summed E-state index contributed by atoms with van der Waals surface area (Å²) < 4.78 is 0. The lowest BCUT2D eigenvalue weighted by atomic mass is 9.88. The van der Waals surface area contributed by atoms with Crippen LogP contribution in [0.2, 0.25) is 0 Å².